The topological polar surface area (TPSA) is 104 Å². The molecule has 0 saturated heterocycles. The molecule has 0 atom stereocenters. The molecule has 0 unspecified atom stereocenters. The van der Waals surface area contributed by atoms with Gasteiger partial charge < -0.3 is 10.2 Å². The number of aromatic carboxylic acids is 1. The predicted octanol–water partition coefficient (Wildman–Crippen LogP) is 2.03. The molecule has 0 saturated carbocycles. The number of benzene rings is 2. The van der Waals surface area contributed by atoms with E-state index in [0.717, 1.165) is 42.5 Å². The molecule has 0 heterocycles. The van der Waals surface area contributed by atoms with Crippen LogP contribution in [0.15, 0.2) is 47.4 Å². The Morgan fingerprint density at radius 2 is 1.71 bits per heavy atom. The molecular formula is C13H10FNO5S. The highest BCUT2D eigenvalue weighted by Crippen LogP contribution is 2.27. The monoisotopic (exact) mass is 311 g/mol. The van der Waals surface area contributed by atoms with Crippen molar-refractivity contribution < 1.29 is 27.8 Å². The second-order valence-corrected chi connectivity index (χ2v) is 5.78. The van der Waals surface area contributed by atoms with Crippen LogP contribution in [0, 0.1) is 5.82 Å². The molecule has 0 spiro atoms. The number of phenols is 1. The largest absolute Gasteiger partial charge is 0.506 e. The Balaban J connectivity index is 2.32. The van der Waals surface area contributed by atoms with E-state index in [-0.39, 0.29) is 16.1 Å². The SMILES string of the molecule is O=C(O)c1ccc(NS(=O)(=O)c2ccc(F)cc2)c(O)c1. The van der Waals surface area contributed by atoms with E-state index in [1.54, 1.807) is 0 Å². The van der Waals surface area contributed by atoms with Crippen LogP contribution in [0.25, 0.3) is 0 Å². The molecule has 2 aromatic carbocycles. The van der Waals surface area contributed by atoms with E-state index in [0.29, 0.717) is 0 Å². The van der Waals surface area contributed by atoms with Crippen LogP contribution in [-0.2, 0) is 10.0 Å². The number of sulfonamides is 1. The number of nitrogens with one attached hydrogen (secondary N) is 1. The molecule has 8 heteroatoms. The molecule has 0 aliphatic carbocycles. The van der Waals surface area contributed by atoms with Crippen molar-refractivity contribution in [3.8, 4) is 5.75 Å². The number of halogens is 1. The minimum absolute atomic E-state index is 0.177. The van der Waals surface area contributed by atoms with E-state index in [9.17, 15) is 22.7 Å². The van der Waals surface area contributed by atoms with E-state index in [1.807, 2.05) is 0 Å². The lowest BCUT2D eigenvalue weighted by Gasteiger charge is -2.10. The fourth-order valence-electron chi connectivity index (χ4n) is 1.57. The first-order valence-electron chi connectivity index (χ1n) is 5.64. The molecule has 0 aromatic heterocycles. The summed E-state index contributed by atoms with van der Waals surface area (Å²) in [5.74, 6) is -2.36. The Kier molecular flexibility index (Phi) is 3.81. The zero-order valence-electron chi connectivity index (χ0n) is 10.4. The van der Waals surface area contributed by atoms with Crippen molar-refractivity contribution >= 4 is 21.7 Å². The van der Waals surface area contributed by atoms with Gasteiger partial charge in [-0.05, 0) is 42.5 Å². The summed E-state index contributed by atoms with van der Waals surface area (Å²) < 4.78 is 38.9. The van der Waals surface area contributed by atoms with Crippen molar-refractivity contribution in [3.63, 3.8) is 0 Å². The van der Waals surface area contributed by atoms with Crippen LogP contribution in [0.4, 0.5) is 10.1 Å². The lowest BCUT2D eigenvalue weighted by Crippen LogP contribution is -2.13. The summed E-state index contributed by atoms with van der Waals surface area (Å²) >= 11 is 0. The average molecular weight is 311 g/mol. The van der Waals surface area contributed by atoms with Crippen molar-refractivity contribution in [2.45, 2.75) is 4.90 Å². The van der Waals surface area contributed by atoms with Crippen molar-refractivity contribution in [3.05, 3.63) is 53.8 Å². The smallest absolute Gasteiger partial charge is 0.335 e. The highest BCUT2D eigenvalue weighted by molar-refractivity contribution is 7.92. The van der Waals surface area contributed by atoms with Gasteiger partial charge in [-0.2, -0.15) is 0 Å². The first-order valence-corrected chi connectivity index (χ1v) is 7.12. The van der Waals surface area contributed by atoms with Gasteiger partial charge in [-0.15, -0.1) is 0 Å². The molecule has 21 heavy (non-hydrogen) atoms. The van der Waals surface area contributed by atoms with Gasteiger partial charge in [-0.25, -0.2) is 17.6 Å². The quantitative estimate of drug-likeness (QED) is 0.750. The molecule has 6 nitrogen and oxygen atoms in total. The molecular weight excluding hydrogens is 301 g/mol. The summed E-state index contributed by atoms with van der Waals surface area (Å²) in [6, 6.07) is 7.31. The Bertz CT molecular complexity index is 787. The summed E-state index contributed by atoms with van der Waals surface area (Å²) in [4.78, 5) is 10.5. The van der Waals surface area contributed by atoms with Gasteiger partial charge in [0.2, 0.25) is 0 Å². The van der Waals surface area contributed by atoms with Crippen molar-refractivity contribution in [1.29, 1.82) is 0 Å². The average Bonchev–Trinajstić information content (AvgIpc) is 2.41. The van der Waals surface area contributed by atoms with Gasteiger partial charge in [0.15, 0.2) is 0 Å². The second kappa shape index (κ2) is 5.41. The van der Waals surface area contributed by atoms with Crippen LogP contribution in [0.2, 0.25) is 0 Å². The molecule has 2 rings (SSSR count). The summed E-state index contributed by atoms with van der Waals surface area (Å²) in [6.45, 7) is 0. The molecule has 0 aliphatic rings. The van der Waals surface area contributed by atoms with Gasteiger partial charge in [0.25, 0.3) is 10.0 Å². The summed E-state index contributed by atoms with van der Waals surface area (Å²) in [5, 5.41) is 18.4. The number of anilines is 1. The fourth-order valence-corrected chi connectivity index (χ4v) is 2.64. The lowest BCUT2D eigenvalue weighted by molar-refractivity contribution is 0.0696. The zero-order chi connectivity index (χ0) is 15.6. The van der Waals surface area contributed by atoms with Crippen molar-refractivity contribution in [2.24, 2.45) is 0 Å². The highest BCUT2D eigenvalue weighted by atomic mass is 32.2. The molecule has 0 radical (unpaired) electrons. The molecule has 0 fully saturated rings. The summed E-state index contributed by atoms with van der Waals surface area (Å²) in [7, 11) is -4.01. The van der Waals surface area contributed by atoms with Gasteiger partial charge in [0.05, 0.1) is 16.1 Å². The Morgan fingerprint density at radius 3 is 2.24 bits per heavy atom. The maximum absolute atomic E-state index is 12.8. The molecule has 0 aliphatic heterocycles. The zero-order valence-corrected chi connectivity index (χ0v) is 11.3. The van der Waals surface area contributed by atoms with Gasteiger partial charge in [-0.3, -0.25) is 4.72 Å². The van der Waals surface area contributed by atoms with Crippen LogP contribution in [0.3, 0.4) is 0 Å². The van der Waals surface area contributed by atoms with Crippen LogP contribution < -0.4 is 4.72 Å². The minimum Gasteiger partial charge on any atom is -0.506 e. The predicted molar refractivity (Wildman–Crippen MR) is 72.3 cm³/mol. The van der Waals surface area contributed by atoms with Crippen LogP contribution in [0.1, 0.15) is 10.4 Å². The number of hydrogen-bond donors (Lipinski definition) is 3. The number of carboxylic acid groups (broad SMARTS) is 1. The highest BCUT2D eigenvalue weighted by Gasteiger charge is 2.17. The van der Waals surface area contributed by atoms with Crippen molar-refractivity contribution in [2.75, 3.05) is 4.72 Å². The van der Waals surface area contributed by atoms with E-state index < -0.39 is 27.6 Å². The number of rotatable bonds is 4. The van der Waals surface area contributed by atoms with Crippen molar-refractivity contribution in [1.82, 2.24) is 0 Å². The van der Waals surface area contributed by atoms with Gasteiger partial charge in [0, 0.05) is 0 Å². The number of carbonyl (C=O) groups is 1. The summed E-state index contributed by atoms with van der Waals surface area (Å²) in [6.07, 6.45) is 0. The number of hydrogen-bond acceptors (Lipinski definition) is 4. The maximum Gasteiger partial charge on any atom is 0.335 e. The molecule has 0 amide bonds. The minimum atomic E-state index is -4.01. The number of phenolic OH excluding ortho intramolecular Hbond substituents is 1. The molecule has 110 valence electrons. The first-order chi connectivity index (χ1) is 9.79. The first kappa shape index (κ1) is 14.8. The number of carboxylic acids is 1. The van der Waals surface area contributed by atoms with E-state index in [4.69, 9.17) is 5.11 Å². The van der Waals surface area contributed by atoms with Crippen LogP contribution in [0.5, 0.6) is 5.75 Å². The standard InChI is InChI=1S/C13H10FNO5S/c14-9-2-4-10(5-3-9)21(19,20)15-11-6-1-8(13(17)18)7-12(11)16/h1-7,15-16H,(H,17,18). The molecule has 3 N–H and O–H groups in total. The third-order valence-electron chi connectivity index (χ3n) is 2.61. The fraction of sp³-hybridized carbons (Fsp3) is 0. The lowest BCUT2D eigenvalue weighted by atomic mass is 10.2. The summed E-state index contributed by atoms with van der Waals surface area (Å²) in [5.41, 5.74) is -0.360. The molecule has 2 aromatic rings. The Morgan fingerprint density at radius 1 is 1.10 bits per heavy atom. The van der Waals surface area contributed by atoms with Crippen LogP contribution in [-0.4, -0.2) is 24.6 Å². The third kappa shape index (κ3) is 3.29. The van der Waals surface area contributed by atoms with E-state index >= 15 is 0 Å². The Hall–Kier alpha value is -2.61. The van der Waals surface area contributed by atoms with Gasteiger partial charge >= 0.3 is 5.97 Å². The van der Waals surface area contributed by atoms with Crippen LogP contribution >= 0.6 is 0 Å². The Labute approximate surface area is 119 Å². The molecule has 0 bridgehead atoms. The third-order valence-corrected chi connectivity index (χ3v) is 3.99. The van der Waals surface area contributed by atoms with Gasteiger partial charge in [-0.1, -0.05) is 0 Å². The van der Waals surface area contributed by atoms with E-state index in [2.05, 4.69) is 4.72 Å². The van der Waals surface area contributed by atoms with E-state index in [1.165, 1.54) is 0 Å². The van der Waals surface area contributed by atoms with Gasteiger partial charge in [0.1, 0.15) is 11.6 Å². The maximum atomic E-state index is 12.8. The second-order valence-electron chi connectivity index (χ2n) is 4.10. The number of aromatic hydroxyl groups is 1. The normalized spacial score (nSPS) is 11.1.